The van der Waals surface area contributed by atoms with E-state index in [4.69, 9.17) is 9.47 Å². The molecule has 0 aromatic carbocycles. The summed E-state index contributed by atoms with van der Waals surface area (Å²) >= 11 is 0. The molecule has 2 fully saturated rings. The number of carbonyl (C=O) groups is 2. The molecule has 8 nitrogen and oxygen atoms in total. The summed E-state index contributed by atoms with van der Waals surface area (Å²) in [5.41, 5.74) is -0.680. The van der Waals surface area contributed by atoms with E-state index in [1.54, 1.807) is 22.1 Å². The van der Waals surface area contributed by atoms with Gasteiger partial charge in [0, 0.05) is 32.0 Å². The van der Waals surface area contributed by atoms with E-state index in [1.807, 2.05) is 0 Å². The van der Waals surface area contributed by atoms with Gasteiger partial charge in [-0.1, -0.05) is 0 Å². The summed E-state index contributed by atoms with van der Waals surface area (Å²) in [6, 6.07) is 0. The van der Waals surface area contributed by atoms with E-state index in [0.29, 0.717) is 39.3 Å². The van der Waals surface area contributed by atoms with Crippen LogP contribution in [0.15, 0.2) is 12.7 Å². The summed E-state index contributed by atoms with van der Waals surface area (Å²) < 4.78 is 12.1. The molecule has 1 aromatic rings. The normalized spacial score (nSPS) is 26.4. The second-order valence-electron chi connectivity index (χ2n) is 5.58. The van der Waals surface area contributed by atoms with Crippen molar-refractivity contribution >= 4 is 24.3 Å². The minimum absolute atomic E-state index is 0. The molecule has 0 radical (unpaired) electrons. The lowest BCUT2D eigenvalue weighted by Gasteiger charge is -2.23. The number of carbonyl (C=O) groups excluding carboxylic acids is 2. The molecule has 2 saturated heterocycles. The van der Waals surface area contributed by atoms with Crippen molar-refractivity contribution in [1.82, 2.24) is 19.7 Å². The number of hydrogen-bond acceptors (Lipinski definition) is 6. The monoisotopic (exact) mass is 330 g/mol. The number of hydrogen-bond donors (Lipinski definition) is 0. The molecule has 0 spiro atoms. The zero-order chi connectivity index (χ0) is 14.9. The molecule has 3 rings (SSSR count). The minimum Gasteiger partial charge on any atom is -0.468 e. The van der Waals surface area contributed by atoms with Gasteiger partial charge in [-0.25, -0.2) is 0 Å². The average molecular weight is 331 g/mol. The van der Waals surface area contributed by atoms with Gasteiger partial charge in [0.15, 0.2) is 0 Å². The fourth-order valence-corrected chi connectivity index (χ4v) is 3.14. The largest absolute Gasteiger partial charge is 0.468 e. The van der Waals surface area contributed by atoms with Crippen molar-refractivity contribution in [3.8, 4) is 0 Å². The van der Waals surface area contributed by atoms with Crippen LogP contribution >= 0.6 is 12.4 Å². The third-order valence-corrected chi connectivity index (χ3v) is 4.37. The van der Waals surface area contributed by atoms with Crippen molar-refractivity contribution in [1.29, 1.82) is 0 Å². The predicted octanol–water partition coefficient (Wildman–Crippen LogP) is -0.262. The van der Waals surface area contributed by atoms with Gasteiger partial charge in [0.25, 0.3) is 0 Å². The van der Waals surface area contributed by atoms with E-state index in [2.05, 4.69) is 10.2 Å². The van der Waals surface area contributed by atoms with Crippen LogP contribution in [0.3, 0.4) is 0 Å². The predicted molar refractivity (Wildman–Crippen MR) is 77.2 cm³/mol. The molecule has 0 bridgehead atoms. The molecule has 0 unspecified atom stereocenters. The second-order valence-corrected chi connectivity index (χ2v) is 5.58. The molecular formula is C13H19ClN4O4. The lowest BCUT2D eigenvalue weighted by atomic mass is 9.81. The van der Waals surface area contributed by atoms with Gasteiger partial charge < -0.3 is 18.9 Å². The molecule has 9 heteroatoms. The van der Waals surface area contributed by atoms with Gasteiger partial charge in [0.05, 0.1) is 20.3 Å². The summed E-state index contributed by atoms with van der Waals surface area (Å²) in [7, 11) is 1.38. The average Bonchev–Trinajstić information content (AvgIpc) is 3.18. The van der Waals surface area contributed by atoms with E-state index >= 15 is 0 Å². The molecule has 2 aliphatic rings. The molecule has 1 aromatic heterocycles. The number of halogens is 1. The number of esters is 1. The number of likely N-dealkylation sites (tertiary alicyclic amines) is 1. The highest BCUT2D eigenvalue weighted by Crippen LogP contribution is 2.42. The van der Waals surface area contributed by atoms with Gasteiger partial charge in [-0.3, -0.25) is 9.59 Å². The van der Waals surface area contributed by atoms with Gasteiger partial charge in [-0.2, -0.15) is 0 Å². The first kappa shape index (κ1) is 16.7. The molecule has 22 heavy (non-hydrogen) atoms. The van der Waals surface area contributed by atoms with Crippen LogP contribution in [0.1, 0.15) is 6.42 Å². The molecular weight excluding hydrogens is 312 g/mol. The first-order valence-electron chi connectivity index (χ1n) is 6.92. The number of ether oxygens (including phenoxy) is 2. The maximum absolute atomic E-state index is 12.3. The van der Waals surface area contributed by atoms with Crippen LogP contribution in [0.5, 0.6) is 0 Å². The molecule has 122 valence electrons. The van der Waals surface area contributed by atoms with Gasteiger partial charge in [-0.05, 0) is 0 Å². The van der Waals surface area contributed by atoms with Crippen molar-refractivity contribution in [3.05, 3.63) is 12.7 Å². The van der Waals surface area contributed by atoms with Crippen molar-refractivity contribution in [3.63, 3.8) is 0 Å². The highest BCUT2D eigenvalue weighted by atomic mass is 35.5. The Labute approximate surface area is 134 Å². The standard InChI is InChI=1S/C13H18N4O4.ClH/c1-20-12(19)13-6-17(4-10(13)5-21-7-13)11(18)2-3-16-8-14-15-9-16;/h8-10H,2-7H2,1H3;1H/t10-,13-;/m0./s1. The Morgan fingerprint density at radius 2 is 2.14 bits per heavy atom. The second kappa shape index (κ2) is 6.62. The fraction of sp³-hybridized carbons (Fsp3) is 0.692. The van der Waals surface area contributed by atoms with Gasteiger partial charge in [0.1, 0.15) is 18.1 Å². The quantitative estimate of drug-likeness (QED) is 0.707. The molecule has 1 amide bonds. The maximum Gasteiger partial charge on any atom is 0.316 e. The lowest BCUT2D eigenvalue weighted by molar-refractivity contribution is -0.153. The molecule has 0 aliphatic carbocycles. The zero-order valence-electron chi connectivity index (χ0n) is 12.3. The Kier molecular flexibility index (Phi) is 5.02. The van der Waals surface area contributed by atoms with Crippen molar-refractivity contribution in [2.45, 2.75) is 13.0 Å². The molecule has 0 saturated carbocycles. The summed E-state index contributed by atoms with van der Waals surface area (Å²) in [6.45, 7) is 2.31. The van der Waals surface area contributed by atoms with Gasteiger partial charge >= 0.3 is 5.97 Å². The topological polar surface area (TPSA) is 86.5 Å². The Morgan fingerprint density at radius 1 is 1.41 bits per heavy atom. The Hall–Kier alpha value is -1.67. The summed E-state index contributed by atoms with van der Waals surface area (Å²) in [5, 5.41) is 7.40. The van der Waals surface area contributed by atoms with Crippen LogP contribution in [0.4, 0.5) is 0 Å². The van der Waals surface area contributed by atoms with Gasteiger partial charge in [-0.15, -0.1) is 22.6 Å². The smallest absolute Gasteiger partial charge is 0.316 e. The highest BCUT2D eigenvalue weighted by molar-refractivity contribution is 5.85. The van der Waals surface area contributed by atoms with Crippen LogP contribution in [0.25, 0.3) is 0 Å². The van der Waals surface area contributed by atoms with Crippen molar-refractivity contribution in [2.24, 2.45) is 11.3 Å². The van der Waals surface area contributed by atoms with Crippen molar-refractivity contribution in [2.75, 3.05) is 33.4 Å². The lowest BCUT2D eigenvalue weighted by Crippen LogP contribution is -2.41. The molecule has 0 N–H and O–H groups in total. The SMILES string of the molecule is COC(=O)[C@@]12COC[C@@H]1CN(C(=O)CCn1cnnc1)C2.Cl. The van der Waals surface area contributed by atoms with E-state index in [1.165, 1.54) is 7.11 Å². The number of methoxy groups -OCH3 is 1. The van der Waals surface area contributed by atoms with Crippen LogP contribution in [-0.4, -0.2) is 65.0 Å². The summed E-state index contributed by atoms with van der Waals surface area (Å²) in [6.07, 6.45) is 3.52. The van der Waals surface area contributed by atoms with Crippen LogP contribution in [0.2, 0.25) is 0 Å². The number of fused-ring (bicyclic) bond motifs is 1. The summed E-state index contributed by atoms with van der Waals surface area (Å²) in [4.78, 5) is 26.1. The number of amides is 1. The zero-order valence-corrected chi connectivity index (χ0v) is 13.1. The molecule has 2 atom stereocenters. The number of aryl methyl sites for hydroxylation is 1. The van der Waals surface area contributed by atoms with Crippen molar-refractivity contribution < 1.29 is 19.1 Å². The third kappa shape index (κ3) is 2.80. The Morgan fingerprint density at radius 3 is 2.82 bits per heavy atom. The minimum atomic E-state index is -0.680. The maximum atomic E-state index is 12.3. The van der Waals surface area contributed by atoms with E-state index < -0.39 is 5.41 Å². The Balaban J connectivity index is 0.00000176. The third-order valence-electron chi connectivity index (χ3n) is 4.37. The number of rotatable bonds is 4. The number of nitrogens with zero attached hydrogens (tertiary/aromatic N) is 4. The van der Waals surface area contributed by atoms with Crippen LogP contribution in [0, 0.1) is 11.3 Å². The number of aromatic nitrogens is 3. The molecule has 2 aliphatic heterocycles. The fourth-order valence-electron chi connectivity index (χ4n) is 3.14. The van der Waals surface area contributed by atoms with Crippen LogP contribution in [-0.2, 0) is 25.6 Å². The Bertz CT molecular complexity index is 538. The highest BCUT2D eigenvalue weighted by Gasteiger charge is 2.57. The first-order chi connectivity index (χ1) is 10.2. The first-order valence-corrected chi connectivity index (χ1v) is 6.92. The van der Waals surface area contributed by atoms with E-state index in [0.717, 1.165) is 0 Å². The molecule has 3 heterocycles. The summed E-state index contributed by atoms with van der Waals surface area (Å²) in [5.74, 6) is -0.218. The van der Waals surface area contributed by atoms with E-state index in [-0.39, 0.29) is 30.2 Å². The van der Waals surface area contributed by atoms with E-state index in [9.17, 15) is 9.59 Å². The van der Waals surface area contributed by atoms with Crippen LogP contribution < -0.4 is 0 Å². The van der Waals surface area contributed by atoms with Gasteiger partial charge in [0.2, 0.25) is 5.91 Å².